The van der Waals surface area contributed by atoms with E-state index in [2.05, 4.69) is 5.32 Å². The molecule has 2 rings (SSSR count). The van der Waals surface area contributed by atoms with Crippen molar-refractivity contribution in [1.29, 1.82) is 0 Å². The fraction of sp³-hybridized carbons (Fsp3) is 0.235. The van der Waals surface area contributed by atoms with Crippen LogP contribution in [0.5, 0.6) is 0 Å². The number of carbonyl (C=O) groups is 3. The van der Waals surface area contributed by atoms with Gasteiger partial charge >= 0.3 is 0 Å². The maximum absolute atomic E-state index is 12.5. The van der Waals surface area contributed by atoms with E-state index in [1.54, 1.807) is 24.3 Å². The number of hydrogen-bond donors (Lipinski definition) is 3. The van der Waals surface area contributed by atoms with Crippen LogP contribution in [0, 0.1) is 6.92 Å². The Bertz CT molecular complexity index is 766. The third kappa shape index (κ3) is 3.86. The van der Waals surface area contributed by atoms with Crippen LogP contribution in [0.15, 0.2) is 40.8 Å². The number of hydroxylamine groups is 1. The van der Waals surface area contributed by atoms with Gasteiger partial charge in [0, 0.05) is 25.2 Å². The van der Waals surface area contributed by atoms with Crippen molar-refractivity contribution < 1.29 is 24.0 Å². The van der Waals surface area contributed by atoms with Crippen LogP contribution < -0.4 is 10.8 Å². The molecule has 25 heavy (non-hydrogen) atoms. The summed E-state index contributed by atoms with van der Waals surface area (Å²) in [5.41, 5.74) is 2.48. The minimum atomic E-state index is -1.49. The molecule has 0 bridgehead atoms. The summed E-state index contributed by atoms with van der Waals surface area (Å²) >= 11 is 0. The number of aryl methyl sites for hydroxylation is 1. The van der Waals surface area contributed by atoms with Crippen molar-refractivity contribution in [2.75, 3.05) is 14.1 Å². The molecule has 8 heteroatoms. The molecule has 0 saturated carbocycles. The van der Waals surface area contributed by atoms with Gasteiger partial charge in [0.1, 0.15) is 11.5 Å². The van der Waals surface area contributed by atoms with Crippen molar-refractivity contribution in [2.45, 2.75) is 13.0 Å². The van der Waals surface area contributed by atoms with Gasteiger partial charge in [0.2, 0.25) is 0 Å². The van der Waals surface area contributed by atoms with Crippen molar-refractivity contribution in [1.82, 2.24) is 15.7 Å². The molecule has 1 heterocycles. The van der Waals surface area contributed by atoms with Gasteiger partial charge in [-0.1, -0.05) is 12.1 Å². The van der Waals surface area contributed by atoms with Crippen LogP contribution in [0.2, 0.25) is 0 Å². The Labute approximate surface area is 144 Å². The fourth-order valence-corrected chi connectivity index (χ4v) is 2.36. The summed E-state index contributed by atoms with van der Waals surface area (Å²) in [6.07, 6.45) is 0. The predicted octanol–water partition coefficient (Wildman–Crippen LogP) is 0.947. The molecule has 0 aliphatic rings. The SMILES string of the molecule is CNC(=O)C(C(=O)NO)N(C)C(=O)c1ccc(-c2ccc(C)o2)cc1. The normalized spacial score (nSPS) is 11.5. The van der Waals surface area contributed by atoms with Crippen LogP contribution in [-0.4, -0.2) is 48.0 Å². The molecule has 3 amide bonds. The van der Waals surface area contributed by atoms with Crippen molar-refractivity contribution in [3.05, 3.63) is 47.7 Å². The number of nitrogens with zero attached hydrogens (tertiary/aromatic N) is 1. The topological polar surface area (TPSA) is 112 Å². The summed E-state index contributed by atoms with van der Waals surface area (Å²) < 4.78 is 5.52. The zero-order valence-corrected chi connectivity index (χ0v) is 14.1. The molecule has 8 nitrogen and oxygen atoms in total. The van der Waals surface area contributed by atoms with Crippen molar-refractivity contribution in [3.8, 4) is 11.3 Å². The van der Waals surface area contributed by atoms with Crippen LogP contribution in [0.3, 0.4) is 0 Å². The molecule has 2 aromatic rings. The first-order valence-electron chi connectivity index (χ1n) is 7.48. The van der Waals surface area contributed by atoms with Crippen LogP contribution in [0.4, 0.5) is 0 Å². The van der Waals surface area contributed by atoms with Crippen molar-refractivity contribution in [2.24, 2.45) is 0 Å². The fourth-order valence-electron chi connectivity index (χ4n) is 2.36. The largest absolute Gasteiger partial charge is 0.461 e. The van der Waals surface area contributed by atoms with E-state index >= 15 is 0 Å². The summed E-state index contributed by atoms with van der Waals surface area (Å²) in [6.45, 7) is 1.83. The third-order valence-corrected chi connectivity index (χ3v) is 3.72. The molecule has 0 saturated heterocycles. The van der Waals surface area contributed by atoms with Crippen LogP contribution in [-0.2, 0) is 9.59 Å². The second kappa shape index (κ2) is 7.63. The first-order chi connectivity index (χ1) is 11.9. The average molecular weight is 345 g/mol. The maximum Gasteiger partial charge on any atom is 0.275 e. The zero-order chi connectivity index (χ0) is 18.6. The highest BCUT2D eigenvalue weighted by atomic mass is 16.5. The molecule has 132 valence electrons. The van der Waals surface area contributed by atoms with Gasteiger partial charge in [-0.25, -0.2) is 5.48 Å². The molecule has 0 radical (unpaired) electrons. The summed E-state index contributed by atoms with van der Waals surface area (Å²) in [6, 6.07) is 8.73. The second-order valence-electron chi connectivity index (χ2n) is 5.40. The van der Waals surface area contributed by atoms with E-state index in [9.17, 15) is 14.4 Å². The lowest BCUT2D eigenvalue weighted by atomic mass is 10.1. The second-order valence-corrected chi connectivity index (χ2v) is 5.40. The lowest BCUT2D eigenvalue weighted by Crippen LogP contribution is -2.54. The molecule has 0 aliphatic heterocycles. The van der Waals surface area contributed by atoms with Gasteiger partial charge in [0.15, 0.2) is 6.04 Å². The van der Waals surface area contributed by atoms with E-state index in [0.717, 1.165) is 16.2 Å². The van der Waals surface area contributed by atoms with E-state index in [1.807, 2.05) is 19.1 Å². The quantitative estimate of drug-likeness (QED) is 0.424. The molecule has 0 aliphatic carbocycles. The first-order valence-corrected chi connectivity index (χ1v) is 7.48. The predicted molar refractivity (Wildman–Crippen MR) is 88.8 cm³/mol. The number of nitrogens with one attached hydrogen (secondary N) is 2. The van der Waals surface area contributed by atoms with Gasteiger partial charge in [-0.3, -0.25) is 19.6 Å². The third-order valence-electron chi connectivity index (χ3n) is 3.72. The summed E-state index contributed by atoms with van der Waals surface area (Å²) in [7, 11) is 2.64. The zero-order valence-electron chi connectivity index (χ0n) is 14.1. The molecule has 1 aromatic heterocycles. The minimum Gasteiger partial charge on any atom is -0.461 e. The molecular weight excluding hydrogens is 326 g/mol. The number of hydrogen-bond acceptors (Lipinski definition) is 5. The lowest BCUT2D eigenvalue weighted by Gasteiger charge is -2.25. The first kappa shape index (κ1) is 18.2. The lowest BCUT2D eigenvalue weighted by molar-refractivity contribution is -0.140. The highest BCUT2D eigenvalue weighted by Crippen LogP contribution is 2.22. The van der Waals surface area contributed by atoms with Gasteiger partial charge in [-0.2, -0.15) is 0 Å². The Morgan fingerprint density at radius 1 is 1.08 bits per heavy atom. The van der Waals surface area contributed by atoms with E-state index in [1.165, 1.54) is 19.6 Å². The molecular formula is C17H19N3O5. The van der Waals surface area contributed by atoms with Crippen LogP contribution in [0.1, 0.15) is 16.1 Å². The average Bonchev–Trinajstić information content (AvgIpc) is 3.07. The van der Waals surface area contributed by atoms with Crippen molar-refractivity contribution >= 4 is 17.7 Å². The smallest absolute Gasteiger partial charge is 0.275 e. The van der Waals surface area contributed by atoms with E-state index in [0.29, 0.717) is 5.76 Å². The van der Waals surface area contributed by atoms with E-state index < -0.39 is 23.8 Å². The van der Waals surface area contributed by atoms with Crippen LogP contribution >= 0.6 is 0 Å². The molecule has 3 N–H and O–H groups in total. The number of benzene rings is 1. The van der Waals surface area contributed by atoms with E-state index in [4.69, 9.17) is 9.62 Å². The summed E-state index contributed by atoms with van der Waals surface area (Å²) in [5.74, 6) is -0.812. The minimum absolute atomic E-state index is 0.286. The molecule has 1 aromatic carbocycles. The summed E-state index contributed by atoms with van der Waals surface area (Å²) in [5, 5.41) is 11.1. The van der Waals surface area contributed by atoms with E-state index in [-0.39, 0.29) is 5.56 Å². The standard InChI is InChI=1S/C17H19N3O5/c1-10-4-9-13(25-10)11-5-7-12(8-6-11)17(23)20(3)14(15(21)18-2)16(22)19-24/h4-9,14,24H,1-3H3,(H,18,21)(H,19,22). The Morgan fingerprint density at radius 2 is 1.72 bits per heavy atom. The van der Waals surface area contributed by atoms with Crippen molar-refractivity contribution in [3.63, 3.8) is 0 Å². The maximum atomic E-state index is 12.5. The molecule has 1 atom stereocenters. The summed E-state index contributed by atoms with van der Waals surface area (Å²) in [4.78, 5) is 37.0. The Hall–Kier alpha value is -3.13. The number of furan rings is 1. The van der Waals surface area contributed by atoms with Crippen LogP contribution in [0.25, 0.3) is 11.3 Å². The van der Waals surface area contributed by atoms with Gasteiger partial charge < -0.3 is 14.6 Å². The number of rotatable bonds is 5. The number of amides is 3. The monoisotopic (exact) mass is 345 g/mol. The molecule has 0 fully saturated rings. The highest BCUT2D eigenvalue weighted by molar-refractivity contribution is 6.08. The number of likely N-dealkylation sites (N-methyl/N-ethyl adjacent to an activating group) is 2. The molecule has 1 unspecified atom stereocenters. The Balaban J connectivity index is 2.23. The van der Waals surface area contributed by atoms with Gasteiger partial charge in [0.05, 0.1) is 0 Å². The van der Waals surface area contributed by atoms with Gasteiger partial charge in [-0.15, -0.1) is 0 Å². The van der Waals surface area contributed by atoms with Gasteiger partial charge in [0.25, 0.3) is 17.7 Å². The van der Waals surface area contributed by atoms with Gasteiger partial charge in [-0.05, 0) is 31.2 Å². The Morgan fingerprint density at radius 3 is 2.20 bits per heavy atom. The highest BCUT2D eigenvalue weighted by Gasteiger charge is 2.33. The Kier molecular flexibility index (Phi) is 5.56. The molecule has 0 spiro atoms. The number of carbonyl (C=O) groups excluding carboxylic acids is 3.